The summed E-state index contributed by atoms with van der Waals surface area (Å²) in [4.78, 5) is 0. The number of para-hydroxylation sites is 12. The molecule has 1 heterocycles. The van der Waals surface area contributed by atoms with E-state index in [0.717, 1.165) is 0 Å². The zero-order valence-electron chi connectivity index (χ0n) is 28.9. The summed E-state index contributed by atoms with van der Waals surface area (Å²) in [5.41, 5.74) is 40.2. The number of rotatable bonds is 12. The van der Waals surface area contributed by atoms with Crippen molar-refractivity contribution in [3.8, 4) is 34.5 Å². The van der Waals surface area contributed by atoms with E-state index in [0.29, 0.717) is 0 Å². The van der Waals surface area contributed by atoms with Crippen molar-refractivity contribution in [3.63, 3.8) is 0 Å². The minimum absolute atomic E-state index is 0. The molecule has 6 aromatic carbocycles. The van der Waals surface area contributed by atoms with Gasteiger partial charge in [-0.3, -0.25) is 0 Å². The number of halogens is 1. The van der Waals surface area contributed by atoms with Crippen LogP contribution in [0.15, 0.2) is 159 Å². The lowest BCUT2D eigenvalue weighted by Gasteiger charge is -2.33. The molecule has 0 saturated heterocycles. The third-order valence-corrected chi connectivity index (χ3v) is 15.5. The standard InChI is InChI=1S/C36H36N9O6P3.ClH/c37-25-13-1-7-19-31(25)46-52(47-32-20-8-2-14-26(32)38)43-53(48-33-21-9-3-15-27(33)39,49-34-22-10-4-16-28(34)40)45-54(44-52,50-35-23-11-5-17-29(35)41)51-36-24-12-6-18-30(36)42;/h1-24H,37-42H2;1H. The van der Waals surface area contributed by atoms with Crippen molar-refractivity contribution in [2.75, 3.05) is 34.4 Å². The minimum Gasteiger partial charge on any atom is -0.411 e. The van der Waals surface area contributed by atoms with E-state index in [4.69, 9.17) is 75.1 Å². The Morgan fingerprint density at radius 3 is 0.564 bits per heavy atom. The third-order valence-electron chi connectivity index (χ3n) is 7.50. The Kier molecular flexibility index (Phi) is 11.3. The molecular formula is C36H37ClN9O6P3. The van der Waals surface area contributed by atoms with Crippen LogP contribution in [0, 0.1) is 0 Å². The first-order valence-electron chi connectivity index (χ1n) is 16.2. The molecule has 0 spiro atoms. The number of benzene rings is 6. The molecule has 0 radical (unpaired) electrons. The normalized spacial score (nSPS) is 14.6. The molecule has 284 valence electrons. The highest BCUT2D eigenvalue weighted by atomic mass is 35.5. The van der Waals surface area contributed by atoms with Crippen LogP contribution in [0.1, 0.15) is 0 Å². The topological polar surface area (TPSA) is 249 Å². The van der Waals surface area contributed by atoms with Gasteiger partial charge in [-0.05, 0) is 72.8 Å². The molecule has 0 saturated carbocycles. The van der Waals surface area contributed by atoms with Gasteiger partial charge in [0.1, 0.15) is 0 Å². The second kappa shape index (κ2) is 16.1. The highest BCUT2D eigenvalue weighted by molar-refractivity contribution is 7.79. The van der Waals surface area contributed by atoms with Crippen molar-refractivity contribution in [1.29, 1.82) is 0 Å². The highest BCUT2D eigenvalue weighted by Crippen LogP contribution is 2.79. The number of nitrogens with two attached hydrogens (primary N) is 6. The van der Waals surface area contributed by atoms with Crippen LogP contribution in [-0.2, 0) is 0 Å². The van der Waals surface area contributed by atoms with Gasteiger partial charge in [0.15, 0.2) is 34.5 Å². The predicted octanol–water partition coefficient (Wildman–Crippen LogP) is 10.2. The lowest BCUT2D eigenvalue weighted by atomic mass is 10.3. The Balaban J connectivity index is 0.00000514. The summed E-state index contributed by atoms with van der Waals surface area (Å²) >= 11 is 0. The SMILES string of the molecule is Cl.Nc1ccccc1OP1(Oc2ccccc2N)=NP(Oc2ccccc2N)(Oc2ccccc2N)=NP(Oc2ccccc2N)(Oc2ccccc2N)=N1. The quantitative estimate of drug-likeness (QED) is 0.0498. The first-order valence-corrected chi connectivity index (χ1v) is 20.8. The van der Waals surface area contributed by atoms with Crippen LogP contribution in [0.2, 0.25) is 0 Å². The summed E-state index contributed by atoms with van der Waals surface area (Å²) < 4.78 is 55.7. The zero-order valence-corrected chi connectivity index (χ0v) is 32.4. The van der Waals surface area contributed by atoms with Gasteiger partial charge < -0.3 is 61.5 Å². The molecule has 6 aromatic rings. The summed E-state index contributed by atoms with van der Waals surface area (Å²) in [5, 5.41) is 0. The van der Waals surface area contributed by atoms with Gasteiger partial charge in [-0.2, -0.15) is 0 Å². The average molecular weight is 820 g/mol. The van der Waals surface area contributed by atoms with E-state index in [2.05, 4.69) is 0 Å². The lowest BCUT2D eigenvalue weighted by Crippen LogP contribution is -2.13. The number of nitrogens with zero attached hydrogens (tertiary/aromatic N) is 3. The summed E-state index contributed by atoms with van der Waals surface area (Å²) in [6.45, 7) is 0. The van der Waals surface area contributed by atoms with E-state index in [1.165, 1.54) is 0 Å². The van der Waals surface area contributed by atoms with Gasteiger partial charge in [0, 0.05) is 0 Å². The fourth-order valence-electron chi connectivity index (χ4n) is 4.91. The first kappa shape index (κ1) is 38.6. The molecular weight excluding hydrogens is 783 g/mol. The monoisotopic (exact) mass is 819 g/mol. The Morgan fingerprint density at radius 1 is 0.273 bits per heavy atom. The first-order chi connectivity index (χ1) is 26.1. The maximum atomic E-state index is 6.74. The van der Waals surface area contributed by atoms with Gasteiger partial charge in [-0.25, -0.2) is 0 Å². The fraction of sp³-hybridized carbons (Fsp3) is 0. The number of hydrogen-bond donors (Lipinski definition) is 6. The van der Waals surface area contributed by atoms with E-state index in [1.54, 1.807) is 146 Å². The molecule has 0 fully saturated rings. The molecule has 12 N–H and O–H groups in total. The van der Waals surface area contributed by atoms with Crippen molar-refractivity contribution < 1.29 is 27.1 Å². The largest absolute Gasteiger partial charge is 0.461 e. The Bertz CT molecular complexity index is 2080. The van der Waals surface area contributed by atoms with Crippen molar-refractivity contribution in [3.05, 3.63) is 146 Å². The maximum Gasteiger partial charge on any atom is 0.461 e. The third kappa shape index (κ3) is 8.67. The number of hydrogen-bond acceptors (Lipinski definition) is 15. The molecule has 0 aromatic heterocycles. The Hall–Kier alpha value is -6.10. The maximum absolute atomic E-state index is 6.74. The van der Waals surface area contributed by atoms with E-state index in [9.17, 15) is 0 Å². The van der Waals surface area contributed by atoms with Crippen LogP contribution in [-0.4, -0.2) is 0 Å². The van der Waals surface area contributed by atoms with Crippen LogP contribution in [0.25, 0.3) is 0 Å². The van der Waals surface area contributed by atoms with Crippen LogP contribution in [0.4, 0.5) is 34.1 Å². The fourth-order valence-corrected chi connectivity index (χ4v) is 14.1. The highest BCUT2D eigenvalue weighted by Gasteiger charge is 2.49. The summed E-state index contributed by atoms with van der Waals surface area (Å²) in [6.07, 6.45) is 0. The molecule has 0 amide bonds. The number of anilines is 6. The molecule has 15 nitrogen and oxygen atoms in total. The summed E-state index contributed by atoms with van der Waals surface area (Å²) in [6, 6.07) is 40.5. The zero-order chi connectivity index (χ0) is 37.8. The van der Waals surface area contributed by atoms with E-state index in [-0.39, 0.29) is 81.0 Å². The second-order valence-corrected chi connectivity index (χ2v) is 17.7. The van der Waals surface area contributed by atoms with Crippen LogP contribution < -0.4 is 61.5 Å². The molecule has 0 unspecified atom stereocenters. The molecule has 7 rings (SSSR count). The van der Waals surface area contributed by atoms with Crippen molar-refractivity contribution >= 4 is 69.5 Å². The van der Waals surface area contributed by atoms with Crippen molar-refractivity contribution in [1.82, 2.24) is 0 Å². The van der Waals surface area contributed by atoms with Gasteiger partial charge in [0.25, 0.3) is 0 Å². The Morgan fingerprint density at radius 2 is 0.418 bits per heavy atom. The summed E-state index contributed by atoms with van der Waals surface area (Å²) in [7, 11) is -12.9. The smallest absolute Gasteiger partial charge is 0.411 e. The predicted molar refractivity (Wildman–Crippen MR) is 224 cm³/mol. The molecule has 19 heteroatoms. The average Bonchev–Trinajstić information content (AvgIpc) is 3.14. The Labute approximate surface area is 323 Å². The van der Waals surface area contributed by atoms with E-state index >= 15 is 0 Å². The van der Waals surface area contributed by atoms with Gasteiger partial charge in [-0.1, -0.05) is 86.3 Å². The van der Waals surface area contributed by atoms with Crippen LogP contribution in [0.5, 0.6) is 34.5 Å². The van der Waals surface area contributed by atoms with Crippen molar-refractivity contribution in [2.24, 2.45) is 13.5 Å². The molecule has 1 aliphatic heterocycles. The lowest BCUT2D eigenvalue weighted by molar-refractivity contribution is 0.445. The van der Waals surface area contributed by atoms with Gasteiger partial charge in [0.05, 0.1) is 34.1 Å². The van der Waals surface area contributed by atoms with Gasteiger partial charge in [-0.15, -0.1) is 12.4 Å². The van der Waals surface area contributed by atoms with E-state index < -0.39 is 23.0 Å². The molecule has 0 aliphatic carbocycles. The molecule has 1 aliphatic rings. The number of nitrogen functional groups attached to an aromatic ring is 6. The minimum atomic E-state index is -4.31. The second-order valence-electron chi connectivity index (χ2n) is 11.5. The van der Waals surface area contributed by atoms with Gasteiger partial charge >= 0.3 is 23.0 Å². The molecule has 0 bridgehead atoms. The van der Waals surface area contributed by atoms with Crippen molar-refractivity contribution in [2.45, 2.75) is 0 Å². The van der Waals surface area contributed by atoms with Crippen LogP contribution >= 0.6 is 35.4 Å². The molecule has 0 atom stereocenters. The molecule has 55 heavy (non-hydrogen) atoms. The van der Waals surface area contributed by atoms with Crippen LogP contribution in [0.3, 0.4) is 0 Å². The van der Waals surface area contributed by atoms with E-state index in [1.807, 2.05) is 0 Å². The summed E-state index contributed by atoms with van der Waals surface area (Å²) in [5.74, 6) is 0.932. The van der Waals surface area contributed by atoms with Gasteiger partial charge in [0.2, 0.25) is 0 Å².